The van der Waals surface area contributed by atoms with Gasteiger partial charge in [-0.3, -0.25) is 9.59 Å². The Bertz CT molecular complexity index is 1030. The first-order valence-electron chi connectivity index (χ1n) is 8.32. The van der Waals surface area contributed by atoms with E-state index in [4.69, 9.17) is 4.74 Å². The number of nitrogens with zero attached hydrogens (tertiary/aromatic N) is 1. The van der Waals surface area contributed by atoms with Gasteiger partial charge in [-0.15, -0.1) is 0 Å². The molecule has 0 amide bonds. The van der Waals surface area contributed by atoms with Crippen molar-refractivity contribution in [2.45, 2.75) is 12.6 Å². The summed E-state index contributed by atoms with van der Waals surface area (Å²) in [5.74, 6) is -0.383. The van der Waals surface area contributed by atoms with Gasteiger partial charge in [0.2, 0.25) is 0 Å². The zero-order valence-corrected chi connectivity index (χ0v) is 13.4. The number of carbonyl (C=O) groups is 2. The van der Waals surface area contributed by atoms with Gasteiger partial charge in [0.25, 0.3) is 0 Å². The number of benzene rings is 2. The molecule has 4 heteroatoms. The second-order valence-corrected chi connectivity index (χ2v) is 6.47. The fourth-order valence-corrected chi connectivity index (χ4v) is 3.49. The van der Waals surface area contributed by atoms with Gasteiger partial charge in [-0.05, 0) is 12.1 Å². The number of hydrogen-bond donors (Lipinski definition) is 0. The van der Waals surface area contributed by atoms with Crippen LogP contribution < -0.4 is 0 Å². The SMILES string of the molecule is O=C1C(=Cc2cn(CC3CO3)c3ccccc23)C(=O)c2ccccc21. The lowest BCUT2D eigenvalue weighted by molar-refractivity contribution is 0.0990. The van der Waals surface area contributed by atoms with Gasteiger partial charge in [0.1, 0.15) is 0 Å². The van der Waals surface area contributed by atoms with E-state index in [9.17, 15) is 9.59 Å². The molecule has 25 heavy (non-hydrogen) atoms. The van der Waals surface area contributed by atoms with Crippen LogP contribution in [0.5, 0.6) is 0 Å². The molecule has 1 atom stereocenters. The average molecular weight is 329 g/mol. The Morgan fingerprint density at radius 2 is 1.64 bits per heavy atom. The number of carbonyl (C=O) groups excluding carboxylic acids is 2. The van der Waals surface area contributed by atoms with Crippen molar-refractivity contribution in [3.8, 4) is 0 Å². The molecule has 1 saturated heterocycles. The predicted molar refractivity (Wildman–Crippen MR) is 94.8 cm³/mol. The molecular formula is C21H15NO3. The van der Waals surface area contributed by atoms with E-state index >= 15 is 0 Å². The fourth-order valence-electron chi connectivity index (χ4n) is 3.49. The van der Waals surface area contributed by atoms with Crippen LogP contribution in [0.3, 0.4) is 0 Å². The number of epoxide rings is 1. The van der Waals surface area contributed by atoms with Gasteiger partial charge in [-0.1, -0.05) is 42.5 Å². The maximum atomic E-state index is 12.6. The number of Topliss-reactive ketones (excluding diaryl/α,β-unsaturated/α-hetero) is 2. The molecule has 122 valence electrons. The Morgan fingerprint density at radius 3 is 2.32 bits per heavy atom. The molecule has 1 unspecified atom stereocenters. The van der Waals surface area contributed by atoms with E-state index in [2.05, 4.69) is 4.57 Å². The molecule has 2 aromatic carbocycles. The van der Waals surface area contributed by atoms with Crippen LogP contribution in [0.1, 0.15) is 26.3 Å². The van der Waals surface area contributed by atoms with Crippen LogP contribution in [-0.4, -0.2) is 28.8 Å². The molecule has 1 aliphatic carbocycles. The lowest BCUT2D eigenvalue weighted by Crippen LogP contribution is -2.02. The molecular weight excluding hydrogens is 314 g/mol. The highest BCUT2D eigenvalue weighted by Gasteiger charge is 2.33. The Kier molecular flexibility index (Phi) is 3.02. The van der Waals surface area contributed by atoms with E-state index in [0.717, 1.165) is 29.6 Å². The van der Waals surface area contributed by atoms with Crippen molar-refractivity contribution >= 4 is 28.5 Å². The maximum absolute atomic E-state index is 12.6. The standard InChI is InChI=1S/C21H15NO3/c23-20-16-6-1-2-7-17(16)21(24)18(20)9-13-10-22(11-14-12-25-14)19-8-4-3-5-15(13)19/h1-10,14H,11-12H2. The van der Waals surface area contributed by atoms with Crippen LogP contribution in [0.2, 0.25) is 0 Å². The van der Waals surface area contributed by atoms with Crippen molar-refractivity contribution in [2.24, 2.45) is 0 Å². The summed E-state index contributed by atoms with van der Waals surface area (Å²) in [7, 11) is 0. The second-order valence-electron chi connectivity index (χ2n) is 6.47. The normalized spacial score (nSPS) is 18.7. The summed E-state index contributed by atoms with van der Waals surface area (Å²) in [4.78, 5) is 25.3. The molecule has 2 heterocycles. The largest absolute Gasteiger partial charge is 0.371 e. The van der Waals surface area contributed by atoms with Crippen LogP contribution in [0.15, 0.2) is 60.3 Å². The first-order chi connectivity index (χ1) is 12.2. The summed E-state index contributed by atoms with van der Waals surface area (Å²) in [5.41, 5.74) is 3.20. The van der Waals surface area contributed by atoms with Gasteiger partial charge in [0.05, 0.1) is 24.8 Å². The zero-order chi connectivity index (χ0) is 17.0. The number of hydrogen-bond acceptors (Lipinski definition) is 3. The van der Waals surface area contributed by atoms with Gasteiger partial charge in [-0.25, -0.2) is 0 Å². The lowest BCUT2D eigenvalue weighted by atomic mass is 10.1. The third-order valence-electron chi connectivity index (χ3n) is 4.83. The van der Waals surface area contributed by atoms with Crippen molar-refractivity contribution in [1.29, 1.82) is 0 Å². The highest BCUT2D eigenvalue weighted by Crippen LogP contribution is 2.31. The summed E-state index contributed by atoms with van der Waals surface area (Å²) >= 11 is 0. The van der Waals surface area contributed by atoms with Crippen molar-refractivity contribution in [3.63, 3.8) is 0 Å². The molecule has 0 saturated carbocycles. The quantitative estimate of drug-likeness (QED) is 0.420. The van der Waals surface area contributed by atoms with Gasteiger partial charge in [0.15, 0.2) is 11.6 Å². The molecule has 0 N–H and O–H groups in total. The van der Waals surface area contributed by atoms with Crippen LogP contribution >= 0.6 is 0 Å². The Balaban J connectivity index is 1.64. The van der Waals surface area contributed by atoms with E-state index in [-0.39, 0.29) is 23.2 Å². The van der Waals surface area contributed by atoms with Crippen LogP contribution in [0, 0.1) is 0 Å². The number of rotatable bonds is 3. The highest BCUT2D eigenvalue weighted by atomic mass is 16.6. The third-order valence-corrected chi connectivity index (χ3v) is 4.83. The number of ether oxygens (including phenoxy) is 1. The molecule has 0 bridgehead atoms. The maximum Gasteiger partial charge on any atom is 0.197 e. The van der Waals surface area contributed by atoms with E-state index in [1.54, 1.807) is 30.3 Å². The topological polar surface area (TPSA) is 51.6 Å². The van der Waals surface area contributed by atoms with Crippen molar-refractivity contribution in [3.05, 3.63) is 77.0 Å². The Hall–Kier alpha value is -2.98. The minimum absolute atomic E-state index is 0.192. The van der Waals surface area contributed by atoms with E-state index in [1.165, 1.54) is 0 Å². The van der Waals surface area contributed by atoms with Crippen LogP contribution in [0.4, 0.5) is 0 Å². The number of allylic oxidation sites excluding steroid dienone is 1. The zero-order valence-electron chi connectivity index (χ0n) is 13.4. The summed E-state index contributed by atoms with van der Waals surface area (Å²) in [6.45, 7) is 1.57. The van der Waals surface area contributed by atoms with Crippen molar-refractivity contribution < 1.29 is 14.3 Å². The summed E-state index contributed by atoms with van der Waals surface area (Å²) in [6, 6.07) is 15.0. The summed E-state index contributed by atoms with van der Waals surface area (Å²) in [6.07, 6.45) is 4.00. The molecule has 4 nitrogen and oxygen atoms in total. The smallest absolute Gasteiger partial charge is 0.197 e. The molecule has 3 aromatic rings. The molecule has 2 aliphatic rings. The van der Waals surface area contributed by atoms with Gasteiger partial charge in [0, 0.05) is 33.8 Å². The molecule has 1 aromatic heterocycles. The molecule has 0 radical (unpaired) electrons. The lowest BCUT2D eigenvalue weighted by Gasteiger charge is -2.00. The predicted octanol–water partition coefficient (Wildman–Crippen LogP) is 3.50. The van der Waals surface area contributed by atoms with E-state index in [1.807, 2.05) is 30.5 Å². The summed E-state index contributed by atoms with van der Waals surface area (Å²) in [5, 5.41) is 1.03. The van der Waals surface area contributed by atoms with Crippen molar-refractivity contribution in [2.75, 3.05) is 6.61 Å². The monoisotopic (exact) mass is 329 g/mol. The van der Waals surface area contributed by atoms with E-state index in [0.29, 0.717) is 11.1 Å². The van der Waals surface area contributed by atoms with Gasteiger partial charge in [-0.2, -0.15) is 0 Å². The molecule has 1 fully saturated rings. The Labute approximate surface area is 144 Å². The highest BCUT2D eigenvalue weighted by molar-refractivity contribution is 6.41. The first kappa shape index (κ1) is 14.4. The van der Waals surface area contributed by atoms with E-state index < -0.39 is 0 Å². The van der Waals surface area contributed by atoms with Crippen LogP contribution in [-0.2, 0) is 11.3 Å². The number of ketones is 2. The van der Waals surface area contributed by atoms with Crippen molar-refractivity contribution in [1.82, 2.24) is 4.57 Å². The molecule has 1 aliphatic heterocycles. The summed E-state index contributed by atoms with van der Waals surface area (Å²) < 4.78 is 7.47. The van der Waals surface area contributed by atoms with Gasteiger partial charge >= 0.3 is 0 Å². The number of fused-ring (bicyclic) bond motifs is 2. The first-order valence-corrected chi connectivity index (χ1v) is 8.32. The number of aromatic nitrogens is 1. The minimum atomic E-state index is -0.192. The number of para-hydroxylation sites is 1. The molecule has 5 rings (SSSR count). The second kappa shape index (κ2) is 5.26. The Morgan fingerprint density at radius 1 is 1.00 bits per heavy atom. The minimum Gasteiger partial charge on any atom is -0.371 e. The molecule has 0 spiro atoms. The van der Waals surface area contributed by atoms with Gasteiger partial charge < -0.3 is 9.30 Å². The van der Waals surface area contributed by atoms with Crippen LogP contribution in [0.25, 0.3) is 17.0 Å². The fraction of sp³-hybridized carbons (Fsp3) is 0.143. The third kappa shape index (κ3) is 2.26. The average Bonchev–Trinajstić information content (AvgIpc) is 3.35.